The fraction of sp³-hybridized carbons (Fsp3) is 0.929. The van der Waals surface area contributed by atoms with Crippen LogP contribution in [0.2, 0.25) is 0 Å². The van der Waals surface area contributed by atoms with E-state index < -0.39 is 0 Å². The van der Waals surface area contributed by atoms with Crippen LogP contribution in [0.1, 0.15) is 25.7 Å². The summed E-state index contributed by atoms with van der Waals surface area (Å²) in [6.07, 6.45) is 5.04. The van der Waals surface area contributed by atoms with Crippen LogP contribution in [-0.4, -0.2) is 74.7 Å². The summed E-state index contributed by atoms with van der Waals surface area (Å²) in [5, 5.41) is 3.15. The van der Waals surface area contributed by atoms with Crippen molar-refractivity contribution in [1.29, 1.82) is 0 Å². The summed E-state index contributed by atoms with van der Waals surface area (Å²) in [5.74, 6) is 0.178. The molecule has 5 nitrogen and oxygen atoms in total. The van der Waals surface area contributed by atoms with E-state index in [-0.39, 0.29) is 12.0 Å². The SMILES string of the molecule is CN(C)CC1CN(CC(=O)NC2CCCC2)CCO1. The molecule has 1 unspecified atom stereocenters. The van der Waals surface area contributed by atoms with Crippen LogP contribution in [0.15, 0.2) is 0 Å². The van der Waals surface area contributed by atoms with Gasteiger partial charge in [-0.05, 0) is 26.9 Å². The van der Waals surface area contributed by atoms with Gasteiger partial charge >= 0.3 is 0 Å². The molecule has 2 aliphatic rings. The van der Waals surface area contributed by atoms with Crippen molar-refractivity contribution >= 4 is 5.91 Å². The molecule has 1 amide bonds. The van der Waals surface area contributed by atoms with Gasteiger partial charge in [-0.2, -0.15) is 0 Å². The number of hydrogen-bond donors (Lipinski definition) is 1. The molecule has 19 heavy (non-hydrogen) atoms. The van der Waals surface area contributed by atoms with E-state index in [4.69, 9.17) is 4.74 Å². The van der Waals surface area contributed by atoms with Crippen molar-refractivity contribution < 1.29 is 9.53 Å². The van der Waals surface area contributed by atoms with Gasteiger partial charge in [-0.15, -0.1) is 0 Å². The van der Waals surface area contributed by atoms with Gasteiger partial charge in [0.05, 0.1) is 19.3 Å². The first-order valence-corrected chi connectivity index (χ1v) is 7.41. The molecule has 1 atom stereocenters. The summed E-state index contributed by atoms with van der Waals surface area (Å²) in [7, 11) is 4.10. The van der Waals surface area contributed by atoms with Crippen molar-refractivity contribution in [2.45, 2.75) is 37.8 Å². The number of ether oxygens (including phenoxy) is 1. The standard InChI is InChI=1S/C14H27N3O2/c1-16(2)9-13-10-17(7-8-19-13)11-14(18)15-12-5-3-4-6-12/h12-13H,3-11H2,1-2H3,(H,15,18). The fourth-order valence-corrected chi connectivity index (χ4v) is 2.99. The number of hydrogen-bond acceptors (Lipinski definition) is 4. The zero-order valence-electron chi connectivity index (χ0n) is 12.2. The molecule has 2 fully saturated rings. The zero-order chi connectivity index (χ0) is 13.7. The fourth-order valence-electron chi connectivity index (χ4n) is 2.99. The molecule has 1 saturated carbocycles. The normalized spacial score (nSPS) is 25.9. The number of nitrogens with one attached hydrogen (secondary N) is 1. The molecule has 0 spiro atoms. The lowest BCUT2D eigenvalue weighted by Gasteiger charge is -2.33. The predicted octanol–water partition coefficient (Wildman–Crippen LogP) is 0.308. The van der Waals surface area contributed by atoms with Gasteiger partial charge in [0.25, 0.3) is 0 Å². The van der Waals surface area contributed by atoms with Crippen LogP contribution in [0.4, 0.5) is 0 Å². The molecule has 1 saturated heterocycles. The summed E-state index contributed by atoms with van der Waals surface area (Å²) >= 11 is 0. The highest BCUT2D eigenvalue weighted by Gasteiger charge is 2.24. The first-order valence-electron chi connectivity index (χ1n) is 7.41. The Balaban J connectivity index is 1.70. The van der Waals surface area contributed by atoms with Crippen molar-refractivity contribution in [3.05, 3.63) is 0 Å². The third-order valence-electron chi connectivity index (χ3n) is 3.88. The Hall–Kier alpha value is -0.650. The lowest BCUT2D eigenvalue weighted by molar-refractivity contribution is -0.125. The molecule has 1 N–H and O–H groups in total. The maximum Gasteiger partial charge on any atom is 0.234 e. The summed E-state index contributed by atoms with van der Waals surface area (Å²) in [5.41, 5.74) is 0. The maximum absolute atomic E-state index is 12.0. The van der Waals surface area contributed by atoms with Crippen molar-refractivity contribution in [2.24, 2.45) is 0 Å². The highest BCUT2D eigenvalue weighted by Crippen LogP contribution is 2.17. The van der Waals surface area contributed by atoms with Gasteiger partial charge in [0.1, 0.15) is 0 Å². The molecule has 2 rings (SSSR count). The number of morpholine rings is 1. The van der Waals surface area contributed by atoms with Crippen LogP contribution in [0.5, 0.6) is 0 Å². The largest absolute Gasteiger partial charge is 0.374 e. The second-order valence-electron chi connectivity index (χ2n) is 6.04. The Morgan fingerprint density at radius 1 is 1.37 bits per heavy atom. The monoisotopic (exact) mass is 269 g/mol. The van der Waals surface area contributed by atoms with Crippen LogP contribution in [0.3, 0.4) is 0 Å². The minimum Gasteiger partial charge on any atom is -0.374 e. The van der Waals surface area contributed by atoms with Gasteiger partial charge in [0, 0.05) is 25.7 Å². The Bertz CT molecular complexity index is 290. The van der Waals surface area contributed by atoms with Crippen LogP contribution in [0.25, 0.3) is 0 Å². The first kappa shape index (κ1) is 14.8. The molecule has 5 heteroatoms. The lowest BCUT2D eigenvalue weighted by Crippen LogP contribution is -2.50. The highest BCUT2D eigenvalue weighted by molar-refractivity contribution is 5.78. The predicted molar refractivity (Wildman–Crippen MR) is 75.1 cm³/mol. The van der Waals surface area contributed by atoms with E-state index in [1.165, 1.54) is 12.8 Å². The van der Waals surface area contributed by atoms with E-state index in [1.54, 1.807) is 0 Å². The van der Waals surface area contributed by atoms with Crippen LogP contribution >= 0.6 is 0 Å². The highest BCUT2D eigenvalue weighted by atomic mass is 16.5. The topological polar surface area (TPSA) is 44.8 Å². The second kappa shape index (κ2) is 7.22. The summed E-state index contributed by atoms with van der Waals surface area (Å²) in [4.78, 5) is 16.3. The van der Waals surface area contributed by atoms with Crippen molar-refractivity contribution in [1.82, 2.24) is 15.1 Å². The Morgan fingerprint density at radius 2 is 2.11 bits per heavy atom. The molecule has 1 aliphatic carbocycles. The van der Waals surface area contributed by atoms with Gasteiger partial charge in [-0.25, -0.2) is 0 Å². The number of carbonyl (C=O) groups is 1. The maximum atomic E-state index is 12.0. The molecule has 0 aromatic heterocycles. The molecule has 1 aliphatic heterocycles. The molecular formula is C14H27N3O2. The number of nitrogens with zero attached hydrogens (tertiary/aromatic N) is 2. The van der Waals surface area contributed by atoms with E-state index >= 15 is 0 Å². The lowest BCUT2D eigenvalue weighted by atomic mass is 10.2. The average Bonchev–Trinajstić information content (AvgIpc) is 2.81. The van der Waals surface area contributed by atoms with Crippen LogP contribution in [0, 0.1) is 0 Å². The van der Waals surface area contributed by atoms with Gasteiger partial charge < -0.3 is 15.0 Å². The quantitative estimate of drug-likeness (QED) is 0.780. The number of amides is 1. The molecular weight excluding hydrogens is 242 g/mol. The van der Waals surface area contributed by atoms with E-state index in [9.17, 15) is 4.79 Å². The molecule has 0 bridgehead atoms. The average molecular weight is 269 g/mol. The Morgan fingerprint density at radius 3 is 2.79 bits per heavy atom. The third-order valence-corrected chi connectivity index (χ3v) is 3.88. The van der Waals surface area contributed by atoms with Crippen molar-refractivity contribution in [3.8, 4) is 0 Å². The first-order chi connectivity index (χ1) is 9.13. The minimum absolute atomic E-state index is 0.178. The van der Waals surface area contributed by atoms with E-state index in [0.717, 1.165) is 39.1 Å². The summed E-state index contributed by atoms with van der Waals surface area (Å²) in [6, 6.07) is 0.422. The number of likely N-dealkylation sites (N-methyl/N-ethyl adjacent to an activating group) is 1. The molecule has 1 heterocycles. The molecule has 0 aromatic carbocycles. The van der Waals surface area contributed by atoms with Crippen LogP contribution in [-0.2, 0) is 9.53 Å². The summed E-state index contributed by atoms with van der Waals surface area (Å²) in [6.45, 7) is 3.89. The smallest absolute Gasteiger partial charge is 0.234 e. The van der Waals surface area contributed by atoms with Gasteiger partial charge in [0.15, 0.2) is 0 Å². The third kappa shape index (κ3) is 5.09. The van der Waals surface area contributed by atoms with Gasteiger partial charge in [-0.1, -0.05) is 12.8 Å². The van der Waals surface area contributed by atoms with Gasteiger partial charge in [-0.3, -0.25) is 9.69 Å². The second-order valence-corrected chi connectivity index (χ2v) is 6.04. The Kier molecular flexibility index (Phi) is 5.60. The minimum atomic E-state index is 0.178. The zero-order valence-corrected chi connectivity index (χ0v) is 12.2. The Labute approximate surface area is 116 Å². The van der Waals surface area contributed by atoms with E-state index in [0.29, 0.717) is 12.6 Å². The van der Waals surface area contributed by atoms with Crippen molar-refractivity contribution in [2.75, 3.05) is 46.9 Å². The molecule has 110 valence electrons. The van der Waals surface area contributed by atoms with E-state index in [2.05, 4.69) is 29.2 Å². The van der Waals surface area contributed by atoms with Crippen LogP contribution < -0.4 is 5.32 Å². The van der Waals surface area contributed by atoms with E-state index in [1.807, 2.05) is 0 Å². The number of carbonyl (C=O) groups excluding carboxylic acids is 1. The molecule has 0 aromatic rings. The van der Waals surface area contributed by atoms with Crippen molar-refractivity contribution in [3.63, 3.8) is 0 Å². The molecule has 0 radical (unpaired) electrons. The summed E-state index contributed by atoms with van der Waals surface area (Å²) < 4.78 is 5.72. The van der Waals surface area contributed by atoms with Gasteiger partial charge in [0.2, 0.25) is 5.91 Å². The number of rotatable bonds is 5.